The van der Waals surface area contributed by atoms with Crippen LogP contribution in [0, 0.1) is 5.92 Å². The van der Waals surface area contributed by atoms with Crippen molar-refractivity contribution in [2.75, 3.05) is 6.61 Å². The van der Waals surface area contributed by atoms with Crippen molar-refractivity contribution in [3.8, 4) is 5.75 Å². The maximum Gasteiger partial charge on any atom is 0.305 e. The first-order valence-corrected chi connectivity index (χ1v) is 11.5. The van der Waals surface area contributed by atoms with E-state index < -0.39 is 12.2 Å². The molecule has 0 amide bonds. The minimum atomic E-state index is -0.459. The lowest BCUT2D eigenvalue weighted by molar-refractivity contribution is -0.143. The van der Waals surface area contributed by atoms with E-state index in [1.807, 2.05) is 25.1 Å². The van der Waals surface area contributed by atoms with Gasteiger partial charge in [0.05, 0.1) is 18.8 Å². The maximum atomic E-state index is 11.6. The lowest BCUT2D eigenvalue weighted by Gasteiger charge is -2.18. The number of ether oxygens (including phenoxy) is 2. The molecule has 3 rings (SSSR count). The molecular weight excluding hydrogens is 380 g/mol. The Bertz CT molecular complexity index is 728. The first kappa shape index (κ1) is 22.8. The van der Waals surface area contributed by atoms with E-state index in [0.717, 1.165) is 55.4 Å². The van der Waals surface area contributed by atoms with Gasteiger partial charge in [-0.1, -0.05) is 56.5 Å². The summed E-state index contributed by atoms with van der Waals surface area (Å²) in [5.74, 6) is 0.824. The molecule has 2 aliphatic rings. The maximum absolute atomic E-state index is 11.6. The highest BCUT2D eigenvalue weighted by Crippen LogP contribution is 2.52. The summed E-state index contributed by atoms with van der Waals surface area (Å²) in [5, 5.41) is 20.9. The summed E-state index contributed by atoms with van der Waals surface area (Å²) < 4.78 is 11.3. The molecule has 5 nitrogen and oxygen atoms in total. The van der Waals surface area contributed by atoms with Crippen molar-refractivity contribution >= 4 is 5.97 Å². The van der Waals surface area contributed by atoms with E-state index >= 15 is 0 Å². The number of esters is 1. The molecule has 1 saturated carbocycles. The Morgan fingerprint density at radius 3 is 2.90 bits per heavy atom. The van der Waals surface area contributed by atoms with E-state index in [-0.39, 0.29) is 23.9 Å². The highest BCUT2D eigenvalue weighted by Gasteiger charge is 2.48. The van der Waals surface area contributed by atoms with E-state index in [2.05, 4.69) is 19.1 Å². The zero-order valence-corrected chi connectivity index (χ0v) is 18.3. The van der Waals surface area contributed by atoms with Gasteiger partial charge in [0.25, 0.3) is 0 Å². The summed E-state index contributed by atoms with van der Waals surface area (Å²) in [6.45, 7) is 4.38. The van der Waals surface area contributed by atoms with Crippen LogP contribution < -0.4 is 4.74 Å². The molecule has 5 atom stereocenters. The van der Waals surface area contributed by atoms with Crippen molar-refractivity contribution in [3.05, 3.63) is 41.5 Å². The molecule has 1 aliphatic heterocycles. The second kappa shape index (κ2) is 11.0. The number of carbonyl (C=O) groups is 1. The molecule has 5 heteroatoms. The third kappa shape index (κ3) is 5.44. The van der Waals surface area contributed by atoms with Crippen molar-refractivity contribution in [2.24, 2.45) is 5.92 Å². The van der Waals surface area contributed by atoms with Gasteiger partial charge in [-0.05, 0) is 31.7 Å². The molecule has 0 aromatic heterocycles. The van der Waals surface area contributed by atoms with Gasteiger partial charge in [-0.2, -0.15) is 0 Å². The molecule has 166 valence electrons. The van der Waals surface area contributed by atoms with Gasteiger partial charge in [0, 0.05) is 30.2 Å². The first-order chi connectivity index (χ1) is 14.5. The molecule has 1 fully saturated rings. The van der Waals surface area contributed by atoms with Crippen LogP contribution in [0.5, 0.6) is 5.75 Å². The Morgan fingerprint density at radius 1 is 1.30 bits per heavy atom. The molecule has 0 spiro atoms. The summed E-state index contributed by atoms with van der Waals surface area (Å²) >= 11 is 0. The van der Waals surface area contributed by atoms with Gasteiger partial charge < -0.3 is 19.7 Å². The standard InChI is InChI=1S/C25H36O5/c1-3-5-6-11-18(26)14-15-19-21(27)16-22-24(19)20-12-7-9-17(25(20)30-22)10-8-13-23(28)29-4-2/h7,9,12,14-15,18-19,21-22,24,26-27H,3-6,8,10-11,13,16H2,1-2H3/b15-14+/t18-,19+,21+,22-,24-/m0/s1. The van der Waals surface area contributed by atoms with Crippen molar-refractivity contribution in [1.82, 2.24) is 0 Å². The van der Waals surface area contributed by atoms with Gasteiger partial charge >= 0.3 is 5.97 Å². The Labute approximate surface area is 180 Å². The number of para-hydroxylation sites is 1. The van der Waals surface area contributed by atoms with Gasteiger partial charge in [0.15, 0.2) is 0 Å². The van der Waals surface area contributed by atoms with E-state index in [4.69, 9.17) is 9.47 Å². The minimum Gasteiger partial charge on any atom is -0.489 e. The van der Waals surface area contributed by atoms with Gasteiger partial charge in [-0.3, -0.25) is 4.79 Å². The molecule has 1 aromatic carbocycles. The first-order valence-electron chi connectivity index (χ1n) is 11.5. The summed E-state index contributed by atoms with van der Waals surface area (Å²) in [6, 6.07) is 6.19. The van der Waals surface area contributed by atoms with Crippen LogP contribution in [0.25, 0.3) is 0 Å². The number of hydrogen-bond donors (Lipinski definition) is 2. The smallest absolute Gasteiger partial charge is 0.305 e. The Hall–Kier alpha value is -1.85. The average molecular weight is 417 g/mol. The van der Waals surface area contributed by atoms with Crippen LogP contribution in [-0.4, -0.2) is 41.1 Å². The summed E-state index contributed by atoms with van der Waals surface area (Å²) in [5.41, 5.74) is 2.25. The molecule has 1 aromatic rings. The van der Waals surface area contributed by atoms with Crippen molar-refractivity contribution < 1.29 is 24.5 Å². The lowest BCUT2D eigenvalue weighted by atomic mass is 9.86. The third-order valence-corrected chi connectivity index (χ3v) is 6.28. The second-order valence-electron chi connectivity index (χ2n) is 8.50. The van der Waals surface area contributed by atoms with Crippen LogP contribution in [0.15, 0.2) is 30.4 Å². The van der Waals surface area contributed by atoms with Crippen LogP contribution in [0.1, 0.15) is 75.8 Å². The van der Waals surface area contributed by atoms with Gasteiger partial charge in [-0.25, -0.2) is 0 Å². The molecule has 1 aliphatic carbocycles. The molecule has 2 N–H and O–H groups in total. The number of aryl methyl sites for hydroxylation is 1. The Balaban J connectivity index is 1.66. The van der Waals surface area contributed by atoms with Crippen molar-refractivity contribution in [2.45, 2.75) is 89.4 Å². The average Bonchev–Trinajstić information content (AvgIpc) is 3.22. The molecule has 0 unspecified atom stereocenters. The van der Waals surface area contributed by atoms with Crippen LogP contribution in [0.2, 0.25) is 0 Å². The monoisotopic (exact) mass is 416 g/mol. The summed E-state index contributed by atoms with van der Waals surface area (Å²) in [6.07, 6.45) is 9.44. The van der Waals surface area contributed by atoms with E-state index in [1.54, 1.807) is 0 Å². The fraction of sp³-hybridized carbons (Fsp3) is 0.640. The van der Waals surface area contributed by atoms with Crippen LogP contribution >= 0.6 is 0 Å². The van der Waals surface area contributed by atoms with Gasteiger partial charge in [0.1, 0.15) is 11.9 Å². The number of fused-ring (bicyclic) bond motifs is 3. The lowest BCUT2D eigenvalue weighted by Crippen LogP contribution is -2.17. The Kier molecular flexibility index (Phi) is 8.34. The fourth-order valence-corrected chi connectivity index (χ4v) is 4.78. The highest BCUT2D eigenvalue weighted by atomic mass is 16.5. The number of unbranched alkanes of at least 4 members (excludes halogenated alkanes) is 2. The third-order valence-electron chi connectivity index (χ3n) is 6.28. The molecule has 0 radical (unpaired) electrons. The number of hydrogen-bond acceptors (Lipinski definition) is 5. The van der Waals surface area contributed by atoms with Gasteiger partial charge in [-0.15, -0.1) is 0 Å². The number of rotatable bonds is 11. The predicted molar refractivity (Wildman–Crippen MR) is 117 cm³/mol. The quantitative estimate of drug-likeness (QED) is 0.320. The van der Waals surface area contributed by atoms with Crippen molar-refractivity contribution in [3.63, 3.8) is 0 Å². The van der Waals surface area contributed by atoms with E-state index in [0.29, 0.717) is 19.4 Å². The van der Waals surface area contributed by atoms with Crippen LogP contribution in [0.4, 0.5) is 0 Å². The van der Waals surface area contributed by atoms with Gasteiger partial charge in [0.2, 0.25) is 0 Å². The zero-order valence-electron chi connectivity index (χ0n) is 18.3. The summed E-state index contributed by atoms with van der Waals surface area (Å²) in [4.78, 5) is 11.6. The van der Waals surface area contributed by atoms with E-state index in [1.165, 1.54) is 0 Å². The van der Waals surface area contributed by atoms with E-state index in [9.17, 15) is 15.0 Å². The van der Waals surface area contributed by atoms with Crippen LogP contribution in [0.3, 0.4) is 0 Å². The fourth-order valence-electron chi connectivity index (χ4n) is 4.78. The zero-order chi connectivity index (χ0) is 21.5. The highest BCUT2D eigenvalue weighted by molar-refractivity contribution is 5.69. The number of aliphatic hydroxyl groups excluding tert-OH is 2. The molecule has 1 heterocycles. The van der Waals surface area contributed by atoms with Crippen LogP contribution in [-0.2, 0) is 16.0 Å². The topological polar surface area (TPSA) is 76.0 Å². The predicted octanol–water partition coefficient (Wildman–Crippen LogP) is 4.30. The largest absolute Gasteiger partial charge is 0.489 e. The number of carbonyl (C=O) groups excluding carboxylic acids is 1. The summed E-state index contributed by atoms with van der Waals surface area (Å²) in [7, 11) is 0. The van der Waals surface area contributed by atoms with Crippen molar-refractivity contribution in [1.29, 1.82) is 0 Å². The molecule has 0 bridgehead atoms. The number of benzene rings is 1. The second-order valence-corrected chi connectivity index (χ2v) is 8.50. The SMILES string of the molecule is CCCCC[C@H](O)/C=C/[C@H]1[C@H]2c3cccc(CCCC(=O)OCC)c3O[C@H]2C[C@H]1O. The molecule has 0 saturated heterocycles. The number of aliphatic hydroxyl groups is 2. The normalized spacial score (nSPS) is 25.7. The Morgan fingerprint density at radius 2 is 2.13 bits per heavy atom. The molecule has 30 heavy (non-hydrogen) atoms. The minimum absolute atomic E-state index is 0.0342. The molecular formula is C25H36O5.